The standard InChI is InChI=1S/C30H39N3O5/c1-29(15-16-29)26(34)23(18-20-8-5-4-6-9-20)32-27(35)24(19-21-10-12-22(38-3)13-11-21)33-28(36)25-30(2,37)14-7-17-31-25/h4-6,8-13,23-25,31,37H,7,14-19H2,1-3H3,(H,32,35)(H,33,36)/t23-,24-,25+,30+/m0/s1. The van der Waals surface area contributed by atoms with Crippen LogP contribution in [-0.2, 0) is 27.2 Å². The number of methoxy groups -OCH3 is 1. The normalized spacial score (nSPS) is 23.5. The number of hydrogen-bond acceptors (Lipinski definition) is 6. The molecule has 0 aromatic heterocycles. The minimum atomic E-state index is -1.23. The lowest BCUT2D eigenvalue weighted by Gasteiger charge is -2.37. The van der Waals surface area contributed by atoms with Gasteiger partial charge in [0.25, 0.3) is 0 Å². The molecule has 2 aliphatic rings. The molecule has 1 aliphatic carbocycles. The van der Waals surface area contributed by atoms with Gasteiger partial charge in [-0.2, -0.15) is 0 Å². The van der Waals surface area contributed by atoms with Gasteiger partial charge in [-0.25, -0.2) is 0 Å². The van der Waals surface area contributed by atoms with Crippen LogP contribution in [0.4, 0.5) is 0 Å². The molecular weight excluding hydrogens is 482 g/mol. The summed E-state index contributed by atoms with van der Waals surface area (Å²) in [5.74, 6) is -0.167. The van der Waals surface area contributed by atoms with E-state index in [1.54, 1.807) is 26.2 Å². The van der Waals surface area contributed by atoms with Gasteiger partial charge in [0.2, 0.25) is 11.8 Å². The van der Waals surface area contributed by atoms with Gasteiger partial charge in [0.15, 0.2) is 5.78 Å². The SMILES string of the molecule is COc1ccc(C[C@H](NC(=O)[C@H]2NCCC[C@@]2(C)O)C(=O)N[C@@H](Cc2ccccc2)C(=O)C2(C)CC2)cc1. The number of Topliss-reactive ketones (excluding diaryl/α,β-unsaturated/α-hetero) is 1. The first-order chi connectivity index (χ1) is 18.1. The van der Waals surface area contributed by atoms with Crippen molar-refractivity contribution in [1.29, 1.82) is 0 Å². The van der Waals surface area contributed by atoms with Crippen molar-refractivity contribution in [1.82, 2.24) is 16.0 Å². The molecule has 8 heteroatoms. The first kappa shape index (κ1) is 27.8. The second kappa shape index (κ2) is 11.7. The quantitative estimate of drug-likeness (QED) is 0.361. The molecule has 1 saturated heterocycles. The Morgan fingerprint density at radius 2 is 1.58 bits per heavy atom. The van der Waals surface area contributed by atoms with Crippen LogP contribution in [0, 0.1) is 5.41 Å². The maximum Gasteiger partial charge on any atom is 0.243 e. The Kier molecular flexibility index (Phi) is 8.53. The largest absolute Gasteiger partial charge is 0.497 e. The van der Waals surface area contributed by atoms with Gasteiger partial charge in [0, 0.05) is 11.8 Å². The Hall–Kier alpha value is -3.23. The first-order valence-electron chi connectivity index (χ1n) is 13.4. The number of carbonyl (C=O) groups is 3. The highest BCUT2D eigenvalue weighted by Crippen LogP contribution is 2.46. The predicted octanol–water partition coefficient (Wildman–Crippen LogP) is 2.32. The summed E-state index contributed by atoms with van der Waals surface area (Å²) in [6.45, 7) is 4.18. The topological polar surface area (TPSA) is 117 Å². The van der Waals surface area contributed by atoms with Crippen molar-refractivity contribution in [2.24, 2.45) is 5.41 Å². The molecule has 2 aromatic rings. The maximum absolute atomic E-state index is 13.7. The molecule has 8 nitrogen and oxygen atoms in total. The van der Waals surface area contributed by atoms with Crippen LogP contribution in [0.1, 0.15) is 50.7 Å². The van der Waals surface area contributed by atoms with Crippen LogP contribution in [0.2, 0.25) is 0 Å². The van der Waals surface area contributed by atoms with Crippen LogP contribution in [0.5, 0.6) is 5.75 Å². The second-order valence-corrected chi connectivity index (χ2v) is 11.1. The minimum absolute atomic E-state index is 0.0149. The van der Waals surface area contributed by atoms with Gasteiger partial charge in [0.1, 0.15) is 17.8 Å². The molecule has 0 unspecified atom stereocenters. The number of piperidine rings is 1. The Morgan fingerprint density at radius 1 is 0.947 bits per heavy atom. The lowest BCUT2D eigenvalue weighted by molar-refractivity contribution is -0.136. The molecule has 4 N–H and O–H groups in total. The highest BCUT2D eigenvalue weighted by atomic mass is 16.5. The Morgan fingerprint density at radius 3 is 2.18 bits per heavy atom. The van der Waals surface area contributed by atoms with Crippen LogP contribution in [0.3, 0.4) is 0 Å². The van der Waals surface area contributed by atoms with Crippen LogP contribution in [0.15, 0.2) is 54.6 Å². The summed E-state index contributed by atoms with van der Waals surface area (Å²) in [4.78, 5) is 40.4. The third kappa shape index (κ3) is 6.79. The number of ketones is 1. The number of aliphatic hydroxyl groups is 1. The molecule has 4 rings (SSSR count). The van der Waals surface area contributed by atoms with Crippen molar-refractivity contribution in [3.8, 4) is 5.75 Å². The first-order valence-corrected chi connectivity index (χ1v) is 13.4. The van der Waals surface area contributed by atoms with E-state index in [1.165, 1.54) is 0 Å². The summed E-state index contributed by atoms with van der Waals surface area (Å²) in [6.07, 6.45) is 3.46. The van der Waals surface area contributed by atoms with Crippen molar-refractivity contribution in [2.75, 3.05) is 13.7 Å². The van der Waals surface area contributed by atoms with Crippen molar-refractivity contribution >= 4 is 17.6 Å². The lowest BCUT2D eigenvalue weighted by atomic mass is 9.87. The summed E-state index contributed by atoms with van der Waals surface area (Å²) < 4.78 is 5.24. The van der Waals surface area contributed by atoms with E-state index < -0.39 is 41.0 Å². The molecule has 2 amide bonds. The monoisotopic (exact) mass is 521 g/mol. The van der Waals surface area contributed by atoms with Crippen molar-refractivity contribution in [2.45, 2.75) is 76.1 Å². The molecule has 0 bridgehead atoms. The summed E-state index contributed by atoms with van der Waals surface area (Å²) in [7, 11) is 1.58. The smallest absolute Gasteiger partial charge is 0.243 e. The number of carbonyl (C=O) groups excluding carboxylic acids is 3. The molecule has 1 aliphatic heterocycles. The van der Waals surface area contributed by atoms with Crippen molar-refractivity contribution in [3.05, 3.63) is 65.7 Å². The summed E-state index contributed by atoms with van der Waals surface area (Å²) in [6, 6.07) is 14.4. The molecule has 2 fully saturated rings. The molecule has 0 radical (unpaired) electrons. The van der Waals surface area contributed by atoms with Crippen molar-refractivity contribution < 1.29 is 24.2 Å². The summed E-state index contributed by atoms with van der Waals surface area (Å²) >= 11 is 0. The van der Waals surface area contributed by atoms with Gasteiger partial charge in [-0.3, -0.25) is 14.4 Å². The highest BCUT2D eigenvalue weighted by molar-refractivity contribution is 5.97. The number of rotatable bonds is 11. The molecule has 1 saturated carbocycles. The fourth-order valence-electron chi connectivity index (χ4n) is 5.08. The van der Waals surface area contributed by atoms with Gasteiger partial charge in [-0.15, -0.1) is 0 Å². The van der Waals surface area contributed by atoms with E-state index >= 15 is 0 Å². The van der Waals surface area contributed by atoms with Crippen LogP contribution < -0.4 is 20.7 Å². The van der Waals surface area contributed by atoms with Gasteiger partial charge in [-0.1, -0.05) is 49.4 Å². The average molecular weight is 522 g/mol. The van der Waals surface area contributed by atoms with E-state index in [0.29, 0.717) is 25.1 Å². The Bertz CT molecular complexity index is 1130. The lowest BCUT2D eigenvalue weighted by Crippen LogP contribution is -2.63. The zero-order valence-electron chi connectivity index (χ0n) is 22.5. The minimum Gasteiger partial charge on any atom is -0.497 e. The van der Waals surface area contributed by atoms with E-state index in [9.17, 15) is 19.5 Å². The third-order valence-corrected chi connectivity index (χ3v) is 7.83. The molecule has 4 atom stereocenters. The summed E-state index contributed by atoms with van der Waals surface area (Å²) in [5, 5.41) is 19.7. The number of ether oxygens (including phenoxy) is 1. The Labute approximate surface area is 224 Å². The van der Waals surface area contributed by atoms with Gasteiger partial charge >= 0.3 is 0 Å². The van der Waals surface area contributed by atoms with Gasteiger partial charge < -0.3 is 25.8 Å². The van der Waals surface area contributed by atoms with Gasteiger partial charge in [0.05, 0.1) is 18.8 Å². The predicted molar refractivity (Wildman–Crippen MR) is 145 cm³/mol. The number of benzene rings is 2. The zero-order valence-corrected chi connectivity index (χ0v) is 22.5. The second-order valence-electron chi connectivity index (χ2n) is 11.1. The third-order valence-electron chi connectivity index (χ3n) is 7.83. The van der Waals surface area contributed by atoms with Crippen molar-refractivity contribution in [3.63, 3.8) is 0 Å². The van der Waals surface area contributed by atoms with E-state index in [1.807, 2.05) is 49.4 Å². The molecule has 2 aromatic carbocycles. The molecule has 38 heavy (non-hydrogen) atoms. The summed E-state index contributed by atoms with van der Waals surface area (Å²) in [5.41, 5.74) is 0.130. The molecule has 0 spiro atoms. The van der Waals surface area contributed by atoms with E-state index in [2.05, 4.69) is 16.0 Å². The Balaban J connectivity index is 1.55. The fourth-order valence-corrected chi connectivity index (χ4v) is 5.08. The molecule has 1 heterocycles. The van der Waals surface area contributed by atoms with Crippen LogP contribution >= 0.6 is 0 Å². The van der Waals surface area contributed by atoms with E-state index in [-0.39, 0.29) is 12.2 Å². The number of amides is 2. The van der Waals surface area contributed by atoms with E-state index in [4.69, 9.17) is 4.74 Å². The average Bonchev–Trinajstić information content (AvgIpc) is 3.66. The zero-order chi connectivity index (χ0) is 27.3. The fraction of sp³-hybridized carbons (Fsp3) is 0.500. The maximum atomic E-state index is 13.7. The van der Waals surface area contributed by atoms with E-state index in [0.717, 1.165) is 30.4 Å². The highest BCUT2D eigenvalue weighted by Gasteiger charge is 2.48. The molecular formula is C30H39N3O5. The molecule has 204 valence electrons. The van der Waals surface area contributed by atoms with Crippen LogP contribution in [-0.4, -0.2) is 60.1 Å². The number of nitrogens with one attached hydrogen (secondary N) is 3. The van der Waals surface area contributed by atoms with Gasteiger partial charge in [-0.05, 0) is 68.8 Å². The number of hydrogen-bond donors (Lipinski definition) is 4. The van der Waals surface area contributed by atoms with Crippen LogP contribution in [0.25, 0.3) is 0 Å².